The van der Waals surface area contributed by atoms with Gasteiger partial charge < -0.3 is 30.3 Å². The highest BCUT2D eigenvalue weighted by Crippen LogP contribution is 2.28. The van der Waals surface area contributed by atoms with E-state index in [1.807, 2.05) is 22.6 Å². The molecule has 0 aromatic carbocycles. The van der Waals surface area contributed by atoms with Crippen LogP contribution in [0.1, 0.15) is 0 Å². The smallest absolute Gasteiger partial charge is 0.219 e. The molecule has 0 saturated carbocycles. The Morgan fingerprint density at radius 2 is 1.79 bits per heavy atom. The number of halogens is 1. The average Bonchev–Trinajstić information content (AvgIpc) is 2.20. The van der Waals surface area contributed by atoms with Gasteiger partial charge in [-0.25, -0.2) is 0 Å². The van der Waals surface area contributed by atoms with E-state index in [0.717, 1.165) is 0 Å². The van der Waals surface area contributed by atoms with Gasteiger partial charge in [-0.2, -0.15) is 0 Å². The largest absolute Gasteiger partial charge is 0.391 e. The predicted molar refractivity (Wildman–Crippen MR) is 53.8 cm³/mol. The molecule has 1 saturated heterocycles. The van der Waals surface area contributed by atoms with Crippen LogP contribution in [0.5, 0.6) is 0 Å². The summed E-state index contributed by atoms with van der Waals surface area (Å²) in [7, 11) is 0. The average molecular weight is 316 g/mol. The number of hydrogen-bond donors (Lipinski definition) is 5. The molecule has 0 aliphatic carbocycles. The minimum absolute atomic E-state index is 0.324. The van der Waals surface area contributed by atoms with Gasteiger partial charge in [0.2, 0.25) is 5.79 Å². The first-order chi connectivity index (χ1) is 6.46. The molecule has 1 fully saturated rings. The zero-order valence-corrected chi connectivity index (χ0v) is 9.40. The van der Waals surface area contributed by atoms with Crippen molar-refractivity contribution >= 4 is 22.6 Å². The molecule has 6 nitrogen and oxygen atoms in total. The van der Waals surface area contributed by atoms with Crippen LogP contribution in [0.4, 0.5) is 0 Å². The Balaban J connectivity index is 2.84. The van der Waals surface area contributed by atoms with Crippen LogP contribution in [0.15, 0.2) is 0 Å². The van der Waals surface area contributed by atoms with Crippen LogP contribution < -0.4 is 0 Å². The molecule has 0 bridgehead atoms. The number of ether oxygens (including phenoxy) is 1. The molecular weight excluding hydrogens is 303 g/mol. The Morgan fingerprint density at radius 3 is 2.21 bits per heavy atom. The van der Waals surface area contributed by atoms with Gasteiger partial charge in [-0.1, -0.05) is 22.6 Å². The lowest BCUT2D eigenvalue weighted by atomic mass is 9.93. The molecule has 0 radical (unpaired) electrons. The van der Waals surface area contributed by atoms with E-state index in [2.05, 4.69) is 0 Å². The second-order valence-electron chi connectivity index (χ2n) is 3.24. The van der Waals surface area contributed by atoms with Crippen molar-refractivity contribution in [3.05, 3.63) is 0 Å². The summed E-state index contributed by atoms with van der Waals surface area (Å²) in [5.41, 5.74) is 0. The summed E-state index contributed by atoms with van der Waals surface area (Å²) in [6.07, 6.45) is -5.33. The fourth-order valence-electron chi connectivity index (χ4n) is 1.33. The summed E-state index contributed by atoms with van der Waals surface area (Å²) < 4.78 is 5.23. The molecule has 5 N–H and O–H groups in total. The maximum atomic E-state index is 9.54. The fraction of sp³-hybridized carbons (Fsp3) is 1.00. The van der Waals surface area contributed by atoms with Crippen molar-refractivity contribution < 1.29 is 30.3 Å². The van der Waals surface area contributed by atoms with E-state index in [1.165, 1.54) is 0 Å². The molecular formula is C7H13IO6. The van der Waals surface area contributed by atoms with E-state index in [1.54, 1.807) is 0 Å². The molecule has 1 aliphatic heterocycles. The van der Waals surface area contributed by atoms with Crippen LogP contribution >= 0.6 is 22.6 Å². The summed E-state index contributed by atoms with van der Waals surface area (Å²) in [6, 6.07) is 0. The van der Waals surface area contributed by atoms with Crippen molar-refractivity contribution in [2.75, 3.05) is 11.0 Å². The maximum absolute atomic E-state index is 9.54. The third kappa shape index (κ3) is 2.03. The third-order valence-corrected chi connectivity index (χ3v) is 3.12. The van der Waals surface area contributed by atoms with Gasteiger partial charge in [-0.05, 0) is 0 Å². The molecule has 0 amide bonds. The maximum Gasteiger partial charge on any atom is 0.219 e. The number of hydrogen-bond acceptors (Lipinski definition) is 6. The van der Waals surface area contributed by atoms with E-state index < -0.39 is 36.8 Å². The number of alkyl halides is 1. The molecule has 7 heteroatoms. The first-order valence-electron chi connectivity index (χ1n) is 4.07. The summed E-state index contributed by atoms with van der Waals surface area (Å²) in [5.74, 6) is -2.20. The second-order valence-corrected chi connectivity index (χ2v) is 4.12. The molecule has 0 spiro atoms. The minimum Gasteiger partial charge on any atom is -0.391 e. The standard InChI is InChI=1S/C7H13IO6/c8-1-3-4(10)5(11)6(12)7(13,2-9)14-3/h3-6,9-13H,1-2H2/t3-,4-,5+,6+,7-/m1/s1/i8-4. The van der Waals surface area contributed by atoms with Crippen molar-refractivity contribution in [3.8, 4) is 0 Å². The highest BCUT2D eigenvalue weighted by molar-refractivity contribution is 14.1. The highest BCUT2D eigenvalue weighted by Gasteiger charge is 2.52. The van der Waals surface area contributed by atoms with Gasteiger partial charge in [0.05, 0.1) is 12.7 Å². The van der Waals surface area contributed by atoms with Gasteiger partial charge in [0.25, 0.3) is 0 Å². The molecule has 0 aromatic rings. The Labute approximate surface area is 94.3 Å². The Bertz CT molecular complexity index is 201. The van der Waals surface area contributed by atoms with Gasteiger partial charge in [0.1, 0.15) is 18.3 Å². The quantitative estimate of drug-likeness (QED) is 0.287. The summed E-state index contributed by atoms with van der Waals surface area (Å²) in [5, 5.41) is 46.4. The van der Waals surface area contributed by atoms with Crippen LogP contribution in [0, 0.1) is 0 Å². The molecule has 14 heavy (non-hydrogen) atoms. The summed E-state index contributed by atoms with van der Waals surface area (Å²) in [4.78, 5) is 0. The molecule has 1 aliphatic rings. The van der Waals surface area contributed by atoms with E-state index in [9.17, 15) is 20.4 Å². The van der Waals surface area contributed by atoms with E-state index in [4.69, 9.17) is 9.84 Å². The zero-order chi connectivity index (χ0) is 10.9. The Kier molecular flexibility index (Phi) is 4.09. The highest BCUT2D eigenvalue weighted by atomic mass is 123. The lowest BCUT2D eigenvalue weighted by Crippen LogP contribution is -2.66. The number of rotatable bonds is 2. The molecule has 1 heterocycles. The van der Waals surface area contributed by atoms with Crippen molar-refractivity contribution in [1.82, 2.24) is 0 Å². The lowest BCUT2D eigenvalue weighted by Gasteiger charge is -2.44. The van der Waals surface area contributed by atoms with Crippen LogP contribution in [0.25, 0.3) is 0 Å². The molecule has 0 unspecified atom stereocenters. The first kappa shape index (κ1) is 12.6. The van der Waals surface area contributed by atoms with Crippen LogP contribution in [0.2, 0.25) is 0 Å². The van der Waals surface area contributed by atoms with E-state index in [0.29, 0.717) is 4.43 Å². The third-order valence-electron chi connectivity index (χ3n) is 2.25. The molecule has 84 valence electrons. The SMILES string of the molecule is OC[C@@]1(O)O[C@H](C[123I])[C@@H](O)[C@H](O)[C@@H]1O. The van der Waals surface area contributed by atoms with Gasteiger partial charge in [-0.15, -0.1) is 0 Å². The summed E-state index contributed by atoms with van der Waals surface area (Å²) >= 11 is 1.90. The van der Waals surface area contributed by atoms with Gasteiger partial charge in [-0.3, -0.25) is 0 Å². The Morgan fingerprint density at radius 1 is 1.21 bits per heavy atom. The Hall–Kier alpha value is 0.490. The van der Waals surface area contributed by atoms with Crippen molar-refractivity contribution in [1.29, 1.82) is 0 Å². The molecule has 1 rings (SSSR count). The minimum atomic E-state index is -2.20. The topological polar surface area (TPSA) is 110 Å². The monoisotopic (exact) mass is 316 g/mol. The van der Waals surface area contributed by atoms with Gasteiger partial charge in [0.15, 0.2) is 0 Å². The summed E-state index contributed by atoms with van der Waals surface area (Å²) in [6.45, 7) is -0.842. The second kappa shape index (κ2) is 4.56. The van der Waals surface area contributed by atoms with Crippen molar-refractivity contribution in [3.63, 3.8) is 0 Å². The number of aliphatic hydroxyl groups excluding tert-OH is 4. The fourth-order valence-corrected chi connectivity index (χ4v) is 2.03. The van der Waals surface area contributed by atoms with Crippen LogP contribution in [-0.4, -0.2) is 66.8 Å². The van der Waals surface area contributed by atoms with Crippen molar-refractivity contribution in [2.24, 2.45) is 0 Å². The normalized spacial score (nSPS) is 49.3. The van der Waals surface area contributed by atoms with Gasteiger partial charge in [0, 0.05) is 4.43 Å². The van der Waals surface area contributed by atoms with Crippen LogP contribution in [-0.2, 0) is 4.74 Å². The van der Waals surface area contributed by atoms with Gasteiger partial charge >= 0.3 is 0 Å². The zero-order valence-electron chi connectivity index (χ0n) is 7.25. The van der Waals surface area contributed by atoms with E-state index >= 15 is 0 Å². The molecule has 5 atom stereocenters. The first-order valence-corrected chi connectivity index (χ1v) is 5.60. The van der Waals surface area contributed by atoms with Crippen LogP contribution in [0.3, 0.4) is 0 Å². The van der Waals surface area contributed by atoms with E-state index in [-0.39, 0.29) is 0 Å². The lowest BCUT2D eigenvalue weighted by molar-refractivity contribution is -0.350. The predicted octanol–water partition coefficient (Wildman–Crippen LogP) is -2.42. The number of aliphatic hydroxyl groups is 5. The van der Waals surface area contributed by atoms with Crippen molar-refractivity contribution in [2.45, 2.75) is 30.2 Å². The molecule has 0 aromatic heterocycles.